The number of aliphatic carboxylic acids is 1. The second kappa shape index (κ2) is 20.4. The molecule has 12 nitrogen and oxygen atoms in total. The zero-order valence-electron chi connectivity index (χ0n) is 32.4. The van der Waals surface area contributed by atoms with Crippen molar-refractivity contribution < 1.29 is 33.9 Å². The topological polar surface area (TPSA) is 183 Å². The van der Waals surface area contributed by atoms with E-state index in [0.29, 0.717) is 23.1 Å². The molecule has 59 heavy (non-hydrogen) atoms. The zero-order valence-corrected chi connectivity index (χ0v) is 32.4. The van der Waals surface area contributed by atoms with E-state index in [1.165, 1.54) is 12.1 Å². The number of benzene rings is 5. The van der Waals surface area contributed by atoms with Crippen LogP contribution in [0, 0.1) is 0 Å². The molecule has 2 aliphatic heterocycles. The lowest BCUT2D eigenvalue weighted by Crippen LogP contribution is -2.59. The summed E-state index contributed by atoms with van der Waals surface area (Å²) in [6.07, 6.45) is 0.481. The zero-order chi connectivity index (χ0) is 41.6. The largest absolute Gasteiger partial charge is 0.480 e. The third-order valence-corrected chi connectivity index (χ3v) is 10.2. The van der Waals surface area contributed by atoms with Crippen LogP contribution in [0.4, 0.5) is 0 Å². The van der Waals surface area contributed by atoms with Crippen LogP contribution < -0.4 is 26.6 Å². The molecule has 0 aliphatic carbocycles. The Morgan fingerprint density at radius 2 is 1.02 bits per heavy atom. The fraction of sp³-hybridized carbons (Fsp3) is 0.234. The fourth-order valence-corrected chi connectivity index (χ4v) is 6.90. The minimum Gasteiger partial charge on any atom is -0.480 e. The maximum atomic E-state index is 14.4. The van der Waals surface area contributed by atoms with Gasteiger partial charge in [0.2, 0.25) is 23.6 Å². The number of nitrogens with one attached hydrogen (secondary N) is 5. The van der Waals surface area contributed by atoms with E-state index in [1.807, 2.05) is 91.0 Å². The maximum Gasteiger partial charge on any atom is 0.326 e. The van der Waals surface area contributed by atoms with Crippen LogP contribution in [0.25, 0.3) is 11.1 Å². The van der Waals surface area contributed by atoms with Crippen molar-refractivity contribution in [2.75, 3.05) is 6.54 Å². The molecule has 0 aromatic heterocycles. The number of hydrogen-bond acceptors (Lipinski definition) is 6. The molecule has 6 N–H and O–H groups in total. The van der Waals surface area contributed by atoms with Gasteiger partial charge in [0.05, 0.1) is 0 Å². The third-order valence-electron chi connectivity index (χ3n) is 10.2. The number of fused-ring (bicyclic) bond motifs is 18. The van der Waals surface area contributed by atoms with Gasteiger partial charge in [-0.05, 0) is 58.4 Å². The summed E-state index contributed by atoms with van der Waals surface area (Å²) in [5.74, 6) is -4.22. The van der Waals surface area contributed by atoms with Crippen LogP contribution in [0.5, 0.6) is 0 Å². The Balaban J connectivity index is 1.33. The van der Waals surface area contributed by atoms with Crippen molar-refractivity contribution >= 4 is 35.5 Å². The Hall–Kier alpha value is -7.08. The summed E-state index contributed by atoms with van der Waals surface area (Å²) >= 11 is 0. The molecule has 0 radical (unpaired) electrons. The lowest BCUT2D eigenvalue weighted by atomic mass is 9.98. The summed E-state index contributed by atoms with van der Waals surface area (Å²) in [6.45, 7) is -0.0145. The van der Waals surface area contributed by atoms with E-state index in [0.717, 1.165) is 22.3 Å². The molecule has 2 heterocycles. The number of hydrogen-bond donors (Lipinski definition) is 6. The third kappa shape index (κ3) is 12.2. The van der Waals surface area contributed by atoms with Gasteiger partial charge in [-0.15, -0.1) is 0 Å². The van der Waals surface area contributed by atoms with Gasteiger partial charge >= 0.3 is 5.97 Å². The van der Waals surface area contributed by atoms with Crippen LogP contribution in [-0.4, -0.2) is 71.3 Å². The summed E-state index contributed by atoms with van der Waals surface area (Å²) in [5.41, 5.74) is 5.17. The van der Waals surface area contributed by atoms with Crippen molar-refractivity contribution in [3.63, 3.8) is 0 Å². The number of carboxylic acid groups (broad SMARTS) is 1. The Kier molecular flexibility index (Phi) is 14.3. The highest BCUT2D eigenvalue weighted by atomic mass is 16.4. The van der Waals surface area contributed by atoms with E-state index in [-0.39, 0.29) is 38.6 Å². The number of aryl methyl sites for hydroxylation is 1. The normalized spacial score (nSPS) is 19.6. The van der Waals surface area contributed by atoms with Crippen LogP contribution in [0.1, 0.15) is 45.5 Å². The van der Waals surface area contributed by atoms with E-state index in [1.54, 1.807) is 36.4 Å². The molecular weight excluding hydrogens is 747 g/mol. The monoisotopic (exact) mass is 793 g/mol. The number of carbonyl (C=O) groups is 6. The lowest BCUT2D eigenvalue weighted by molar-refractivity contribution is -0.142. The van der Waals surface area contributed by atoms with Crippen LogP contribution in [0.15, 0.2) is 140 Å². The van der Waals surface area contributed by atoms with Crippen molar-refractivity contribution in [3.8, 4) is 11.1 Å². The second-order valence-electron chi connectivity index (χ2n) is 14.5. The molecule has 4 atom stereocenters. The van der Waals surface area contributed by atoms with E-state index in [2.05, 4.69) is 26.6 Å². The predicted octanol–water partition coefficient (Wildman–Crippen LogP) is 4.17. The average molecular weight is 794 g/mol. The average Bonchev–Trinajstić information content (AvgIpc) is 3.25. The van der Waals surface area contributed by atoms with Crippen molar-refractivity contribution in [1.82, 2.24) is 26.6 Å². The van der Waals surface area contributed by atoms with Gasteiger partial charge in [0.1, 0.15) is 24.2 Å². The van der Waals surface area contributed by atoms with Crippen molar-refractivity contribution in [1.29, 1.82) is 0 Å². The van der Waals surface area contributed by atoms with Gasteiger partial charge in [0.15, 0.2) is 0 Å². The standard InChI is InChI=1S/C47H47N5O7/c53-42-26-27-48-43(54)37-23-18-34(19-24-37)30-41(47(58)59)52-46(57)39(28-32-12-6-2-7-13-32)51-45(56)40(29-33-16-21-36(22-17-33)35-14-8-3-9-15-35)50-44(55)38(49-42)25-20-31-10-4-1-5-11-31/h1-19,21-24,38-41H,20,25-30H2,(H,48,54)(H,49,53)(H,50,55)(H,51,56)(H,52,57)(H,58,59)/t38-,39+,40-,41-/m0/s1. The highest BCUT2D eigenvalue weighted by molar-refractivity contribution is 5.96. The minimum atomic E-state index is -1.37. The SMILES string of the molecule is O=C1CCNC(=O)c2ccc(cc2)C[C@@H](C(=O)O)NC(=O)[C@@H](Cc2ccccc2)NC(=O)[C@H](Cc2ccc(-c3ccccc3)cc2)NC(=O)[C@H](CCc2ccccc2)N1. The van der Waals surface area contributed by atoms with Gasteiger partial charge < -0.3 is 31.7 Å². The molecule has 7 rings (SSSR count). The summed E-state index contributed by atoms with van der Waals surface area (Å²) < 4.78 is 0. The molecular formula is C47H47N5O7. The van der Waals surface area contributed by atoms with Gasteiger partial charge in [0, 0.05) is 37.8 Å². The predicted molar refractivity (Wildman–Crippen MR) is 223 cm³/mol. The Bertz CT molecular complexity index is 2220. The molecule has 12 heteroatoms. The van der Waals surface area contributed by atoms with Gasteiger partial charge in [-0.1, -0.05) is 127 Å². The quantitative estimate of drug-likeness (QED) is 0.121. The molecule has 0 saturated heterocycles. The van der Waals surface area contributed by atoms with Crippen LogP contribution in [0.3, 0.4) is 0 Å². The Morgan fingerprint density at radius 1 is 0.525 bits per heavy atom. The van der Waals surface area contributed by atoms with Crippen LogP contribution >= 0.6 is 0 Å². The smallest absolute Gasteiger partial charge is 0.326 e. The van der Waals surface area contributed by atoms with E-state index in [9.17, 15) is 33.9 Å². The molecule has 5 aromatic carbocycles. The van der Waals surface area contributed by atoms with E-state index >= 15 is 0 Å². The van der Waals surface area contributed by atoms with E-state index in [4.69, 9.17) is 0 Å². The van der Waals surface area contributed by atoms with Gasteiger partial charge in [0.25, 0.3) is 5.91 Å². The first-order valence-corrected chi connectivity index (χ1v) is 19.6. The van der Waals surface area contributed by atoms with Crippen LogP contribution in [-0.2, 0) is 49.7 Å². The summed E-state index contributed by atoms with van der Waals surface area (Å²) in [4.78, 5) is 81.4. The first-order valence-electron chi connectivity index (χ1n) is 19.6. The number of rotatable bonds is 9. The highest BCUT2D eigenvalue weighted by Crippen LogP contribution is 2.20. The first kappa shape index (κ1) is 41.6. The van der Waals surface area contributed by atoms with E-state index < -0.39 is 59.7 Å². The molecule has 5 aromatic rings. The number of carbonyl (C=O) groups excluding carboxylic acids is 5. The first-order chi connectivity index (χ1) is 28.6. The van der Waals surface area contributed by atoms with Gasteiger partial charge in [-0.2, -0.15) is 0 Å². The second-order valence-corrected chi connectivity index (χ2v) is 14.5. The molecule has 302 valence electrons. The molecule has 0 saturated carbocycles. The Morgan fingerprint density at radius 3 is 1.61 bits per heavy atom. The summed E-state index contributed by atoms with van der Waals surface area (Å²) in [5, 5.41) is 24.0. The molecule has 5 amide bonds. The molecule has 0 unspecified atom stereocenters. The van der Waals surface area contributed by atoms with Crippen molar-refractivity contribution in [2.24, 2.45) is 0 Å². The number of carboxylic acids is 1. The van der Waals surface area contributed by atoms with Gasteiger partial charge in [-0.3, -0.25) is 24.0 Å². The molecule has 2 aliphatic rings. The highest BCUT2D eigenvalue weighted by Gasteiger charge is 2.32. The maximum absolute atomic E-state index is 14.4. The minimum absolute atomic E-state index is 0.0145. The number of amides is 5. The summed E-state index contributed by atoms with van der Waals surface area (Å²) in [7, 11) is 0. The van der Waals surface area contributed by atoms with Crippen LogP contribution in [0.2, 0.25) is 0 Å². The molecule has 2 bridgehead atoms. The lowest BCUT2D eigenvalue weighted by Gasteiger charge is -2.26. The van der Waals surface area contributed by atoms with Crippen molar-refractivity contribution in [2.45, 2.75) is 62.7 Å². The molecule has 0 spiro atoms. The van der Waals surface area contributed by atoms with Gasteiger partial charge in [-0.25, -0.2) is 4.79 Å². The fourth-order valence-electron chi connectivity index (χ4n) is 6.90. The Labute approximate surface area is 342 Å². The summed E-state index contributed by atoms with van der Waals surface area (Å²) in [6, 6.07) is 37.2. The molecule has 0 fully saturated rings. The van der Waals surface area contributed by atoms with Crippen molar-refractivity contribution in [3.05, 3.63) is 167 Å².